The average molecular weight is 530 g/mol. The van der Waals surface area contributed by atoms with Crippen molar-refractivity contribution in [3.05, 3.63) is 102 Å². The van der Waals surface area contributed by atoms with Gasteiger partial charge in [-0.25, -0.2) is 8.78 Å². The number of carbonyl (C=O) groups is 1. The Kier molecular flexibility index (Phi) is 8.24. The fourth-order valence-electron chi connectivity index (χ4n) is 4.32. The minimum atomic E-state index is -4.78. The zero-order valence-corrected chi connectivity index (χ0v) is 20.2. The quantitative estimate of drug-likeness (QED) is 0.124. The fraction of sp³-hybridized carbons (Fsp3) is 0.241. The Morgan fingerprint density at radius 3 is 2.16 bits per heavy atom. The average Bonchev–Trinajstić information content (AvgIpc) is 3.31. The van der Waals surface area contributed by atoms with Crippen LogP contribution < -0.4 is 4.74 Å². The van der Waals surface area contributed by atoms with E-state index in [0.29, 0.717) is 29.5 Å². The lowest BCUT2D eigenvalue weighted by Crippen LogP contribution is -2.22. The lowest BCUT2D eigenvalue weighted by Gasteiger charge is -2.18. The highest BCUT2D eigenvalue weighted by Crippen LogP contribution is 2.39. The second kappa shape index (κ2) is 11.6. The number of rotatable bonds is 9. The summed E-state index contributed by atoms with van der Waals surface area (Å²) < 4.78 is 75.6. The first-order chi connectivity index (χ1) is 18.2. The molecule has 3 aromatic rings. The number of aliphatic imine (C=N–C) groups is 1. The molecule has 0 spiro atoms. The van der Waals surface area contributed by atoms with Crippen molar-refractivity contribution in [2.75, 3.05) is 6.61 Å². The van der Waals surface area contributed by atoms with Gasteiger partial charge < -0.3 is 9.47 Å². The van der Waals surface area contributed by atoms with Gasteiger partial charge in [0.25, 0.3) is 0 Å². The Balaban J connectivity index is 1.59. The molecular weight excluding hydrogens is 505 g/mol. The molecule has 1 aliphatic rings. The molecule has 198 valence electrons. The minimum Gasteiger partial charge on any atom is -0.465 e. The number of benzene rings is 3. The molecule has 0 radical (unpaired) electrons. The number of unbranched alkanes of at least 4 members (excludes halogenated alkanes) is 1. The van der Waals surface area contributed by atoms with Crippen LogP contribution in [-0.2, 0) is 9.53 Å². The van der Waals surface area contributed by atoms with Gasteiger partial charge in [-0.2, -0.15) is 0 Å². The first-order valence-electron chi connectivity index (χ1n) is 11.9. The smallest absolute Gasteiger partial charge is 0.465 e. The maximum Gasteiger partial charge on any atom is 0.573 e. The van der Waals surface area contributed by atoms with Crippen LogP contribution >= 0.6 is 0 Å². The summed E-state index contributed by atoms with van der Waals surface area (Å²) in [5, 5.41) is 0. The number of allylic oxidation sites excluding steroid dienone is 1. The molecule has 9 heteroatoms. The van der Waals surface area contributed by atoms with Gasteiger partial charge in [0.05, 0.1) is 24.1 Å². The van der Waals surface area contributed by atoms with E-state index in [1.54, 1.807) is 30.3 Å². The molecule has 4 nitrogen and oxygen atoms in total. The molecule has 2 atom stereocenters. The third-order valence-corrected chi connectivity index (χ3v) is 6.11. The van der Waals surface area contributed by atoms with Gasteiger partial charge in [0, 0.05) is 12.1 Å². The van der Waals surface area contributed by atoms with Crippen molar-refractivity contribution in [2.24, 2.45) is 10.9 Å². The predicted molar refractivity (Wildman–Crippen MR) is 133 cm³/mol. The summed E-state index contributed by atoms with van der Waals surface area (Å²) in [6.07, 6.45) is -1.78. The molecule has 4 rings (SSSR count). The van der Waals surface area contributed by atoms with Gasteiger partial charge in [0.15, 0.2) is 0 Å². The topological polar surface area (TPSA) is 47.9 Å². The summed E-state index contributed by atoms with van der Waals surface area (Å²) in [5.74, 6) is -3.16. The Labute approximate surface area is 216 Å². The molecule has 0 amide bonds. The summed E-state index contributed by atoms with van der Waals surface area (Å²) >= 11 is 0. The van der Waals surface area contributed by atoms with Gasteiger partial charge in [0.1, 0.15) is 17.4 Å². The minimum absolute atomic E-state index is 0.00519. The van der Waals surface area contributed by atoms with Crippen LogP contribution in [0.5, 0.6) is 5.75 Å². The molecule has 0 aliphatic carbocycles. The highest BCUT2D eigenvalue weighted by atomic mass is 19.4. The zero-order valence-electron chi connectivity index (χ0n) is 20.2. The van der Waals surface area contributed by atoms with Crippen LogP contribution in [0.4, 0.5) is 22.0 Å². The molecule has 2 unspecified atom stereocenters. The Bertz CT molecular complexity index is 1300. The van der Waals surface area contributed by atoms with E-state index in [0.717, 1.165) is 12.1 Å². The van der Waals surface area contributed by atoms with Crippen LogP contribution in [0.3, 0.4) is 0 Å². The lowest BCUT2D eigenvalue weighted by molar-refractivity contribution is -0.274. The molecule has 38 heavy (non-hydrogen) atoms. The van der Waals surface area contributed by atoms with Crippen molar-refractivity contribution in [3.8, 4) is 16.9 Å². The first-order valence-corrected chi connectivity index (χ1v) is 11.9. The molecule has 0 aromatic heterocycles. The molecule has 3 aromatic carbocycles. The van der Waals surface area contributed by atoms with Crippen LogP contribution in [-0.4, -0.2) is 24.7 Å². The second-order valence-electron chi connectivity index (χ2n) is 8.72. The van der Waals surface area contributed by atoms with E-state index in [1.807, 2.05) is 0 Å². The number of nitrogens with zero attached hydrogens (tertiary/aromatic N) is 1. The van der Waals surface area contributed by atoms with Crippen molar-refractivity contribution in [1.82, 2.24) is 0 Å². The summed E-state index contributed by atoms with van der Waals surface area (Å²) in [4.78, 5) is 17.5. The third kappa shape index (κ3) is 6.45. The van der Waals surface area contributed by atoms with Gasteiger partial charge in [-0.3, -0.25) is 9.79 Å². The van der Waals surface area contributed by atoms with E-state index in [9.17, 15) is 26.7 Å². The normalized spacial score (nSPS) is 17.1. The molecule has 0 saturated carbocycles. The number of esters is 1. The summed E-state index contributed by atoms with van der Waals surface area (Å²) in [6, 6.07) is 15.1. The number of halogens is 5. The molecule has 0 bridgehead atoms. The van der Waals surface area contributed by atoms with Crippen LogP contribution in [0.25, 0.3) is 11.1 Å². The van der Waals surface area contributed by atoms with Gasteiger partial charge in [-0.1, -0.05) is 48.5 Å². The fourth-order valence-corrected chi connectivity index (χ4v) is 4.32. The molecule has 1 aliphatic heterocycles. The van der Waals surface area contributed by atoms with E-state index in [4.69, 9.17) is 4.74 Å². The van der Waals surface area contributed by atoms with Crippen molar-refractivity contribution in [1.29, 1.82) is 0 Å². The number of carbonyl (C=O) groups excluding carboxylic acids is 1. The van der Waals surface area contributed by atoms with Crippen molar-refractivity contribution < 1.29 is 36.2 Å². The summed E-state index contributed by atoms with van der Waals surface area (Å²) in [6.45, 7) is 3.82. The van der Waals surface area contributed by atoms with Gasteiger partial charge in [0.2, 0.25) is 0 Å². The summed E-state index contributed by atoms with van der Waals surface area (Å²) in [5.41, 5.74) is 1.86. The maximum atomic E-state index is 14.5. The Morgan fingerprint density at radius 2 is 1.58 bits per heavy atom. The SMILES string of the molecule is C=CCCCOC(=O)C1CC(c2c(F)cccc2F)=NC1c1ccc(-c2ccc(OC(F)(F)F)cc2)cc1. The van der Waals surface area contributed by atoms with E-state index in [1.165, 1.54) is 30.3 Å². The lowest BCUT2D eigenvalue weighted by atomic mass is 9.90. The largest absolute Gasteiger partial charge is 0.573 e. The van der Waals surface area contributed by atoms with Crippen molar-refractivity contribution in [3.63, 3.8) is 0 Å². The number of ether oxygens (including phenoxy) is 2. The van der Waals surface area contributed by atoms with Crippen LogP contribution in [0.2, 0.25) is 0 Å². The number of hydrogen-bond donors (Lipinski definition) is 0. The summed E-state index contributed by atoms with van der Waals surface area (Å²) in [7, 11) is 0. The highest BCUT2D eigenvalue weighted by molar-refractivity contribution is 6.04. The zero-order chi connectivity index (χ0) is 27.3. The monoisotopic (exact) mass is 529 g/mol. The molecule has 0 fully saturated rings. The molecule has 0 saturated heterocycles. The van der Waals surface area contributed by atoms with Crippen molar-refractivity contribution >= 4 is 11.7 Å². The van der Waals surface area contributed by atoms with Gasteiger partial charge in [-0.15, -0.1) is 19.8 Å². The third-order valence-electron chi connectivity index (χ3n) is 6.11. The second-order valence-corrected chi connectivity index (χ2v) is 8.72. The van der Waals surface area contributed by atoms with E-state index >= 15 is 0 Å². The van der Waals surface area contributed by atoms with Crippen LogP contribution in [0, 0.1) is 17.6 Å². The number of hydrogen-bond acceptors (Lipinski definition) is 4. The number of alkyl halides is 3. The van der Waals surface area contributed by atoms with Crippen molar-refractivity contribution in [2.45, 2.75) is 31.7 Å². The van der Waals surface area contributed by atoms with Crippen LogP contribution in [0.1, 0.15) is 36.4 Å². The first kappa shape index (κ1) is 27.0. The molecule has 0 N–H and O–H groups in total. The standard InChI is InChI=1S/C29H24F5NO3/c1-2-3-4-16-37-28(36)22-17-25(26-23(30)6-5-7-24(26)31)35-27(22)20-10-8-18(9-11-20)19-12-14-21(15-13-19)38-29(32,33)34/h2,5-15,22,27H,1,3-4,16-17H2. The highest BCUT2D eigenvalue weighted by Gasteiger charge is 2.39. The van der Waals surface area contributed by atoms with Crippen LogP contribution in [0.15, 0.2) is 84.4 Å². The maximum absolute atomic E-state index is 14.5. The molecule has 1 heterocycles. The predicted octanol–water partition coefficient (Wildman–Crippen LogP) is 7.59. The van der Waals surface area contributed by atoms with E-state index in [-0.39, 0.29) is 30.1 Å². The van der Waals surface area contributed by atoms with E-state index < -0.39 is 35.9 Å². The Morgan fingerprint density at radius 1 is 0.974 bits per heavy atom. The Hall–Kier alpha value is -4.01. The van der Waals surface area contributed by atoms with E-state index in [2.05, 4.69) is 16.3 Å². The molecular formula is C29H24F5NO3. The van der Waals surface area contributed by atoms with Gasteiger partial charge in [-0.05, 0) is 53.8 Å². The van der Waals surface area contributed by atoms with Gasteiger partial charge >= 0.3 is 12.3 Å².